The maximum atomic E-state index is 11.8. The number of pyridine rings is 1. The zero-order chi connectivity index (χ0) is 13.0. The van der Waals surface area contributed by atoms with Gasteiger partial charge >= 0.3 is 11.8 Å². The molecule has 1 aliphatic rings. The van der Waals surface area contributed by atoms with E-state index in [0.29, 0.717) is 18.9 Å². The third kappa shape index (κ3) is 3.04. The number of piperazine rings is 1. The first-order valence-electron chi connectivity index (χ1n) is 5.90. The van der Waals surface area contributed by atoms with Gasteiger partial charge in [-0.25, -0.2) is 4.98 Å². The Morgan fingerprint density at radius 3 is 2.78 bits per heavy atom. The fourth-order valence-electron chi connectivity index (χ4n) is 1.79. The van der Waals surface area contributed by atoms with E-state index >= 15 is 0 Å². The van der Waals surface area contributed by atoms with Crippen LogP contribution in [0.15, 0.2) is 18.3 Å². The first-order chi connectivity index (χ1) is 8.66. The minimum Gasteiger partial charge on any atom is -0.332 e. The first-order valence-corrected chi connectivity index (χ1v) is 5.90. The molecule has 96 valence electrons. The molecule has 2 rings (SSSR count). The number of anilines is 1. The molecule has 2 amide bonds. The summed E-state index contributed by atoms with van der Waals surface area (Å²) in [5.74, 6) is -0.724. The molecular weight excluding hydrogens is 232 g/mol. The van der Waals surface area contributed by atoms with Crippen molar-refractivity contribution in [1.29, 1.82) is 0 Å². The minimum atomic E-state index is -0.630. The van der Waals surface area contributed by atoms with E-state index in [9.17, 15) is 9.59 Å². The predicted molar refractivity (Wildman–Crippen MR) is 67.1 cm³/mol. The fourth-order valence-corrected chi connectivity index (χ4v) is 1.79. The molecule has 1 aromatic rings. The molecule has 0 radical (unpaired) electrons. The van der Waals surface area contributed by atoms with Gasteiger partial charge in [-0.1, -0.05) is 0 Å². The number of carbonyl (C=O) groups is 2. The summed E-state index contributed by atoms with van der Waals surface area (Å²) in [5, 5.41) is 5.65. The van der Waals surface area contributed by atoms with Crippen molar-refractivity contribution in [2.45, 2.75) is 6.92 Å². The number of nitrogens with zero attached hydrogens (tertiary/aromatic N) is 2. The SMILES string of the molecule is Cc1ccnc(NC(=O)C(=O)N2CCNCC2)c1. The summed E-state index contributed by atoms with van der Waals surface area (Å²) < 4.78 is 0. The molecule has 0 aliphatic carbocycles. The molecule has 6 heteroatoms. The third-order valence-corrected chi connectivity index (χ3v) is 2.76. The van der Waals surface area contributed by atoms with Gasteiger partial charge in [-0.2, -0.15) is 0 Å². The van der Waals surface area contributed by atoms with Crippen molar-refractivity contribution in [3.05, 3.63) is 23.9 Å². The highest BCUT2D eigenvalue weighted by atomic mass is 16.2. The monoisotopic (exact) mass is 248 g/mol. The normalized spacial score (nSPS) is 15.3. The number of hydrogen-bond acceptors (Lipinski definition) is 4. The van der Waals surface area contributed by atoms with E-state index in [4.69, 9.17) is 0 Å². The molecule has 0 saturated carbocycles. The summed E-state index contributed by atoms with van der Waals surface area (Å²) in [7, 11) is 0. The third-order valence-electron chi connectivity index (χ3n) is 2.76. The van der Waals surface area contributed by atoms with Gasteiger partial charge in [0.05, 0.1) is 0 Å². The van der Waals surface area contributed by atoms with Gasteiger partial charge in [-0.15, -0.1) is 0 Å². The van der Waals surface area contributed by atoms with Crippen LogP contribution in [0.2, 0.25) is 0 Å². The van der Waals surface area contributed by atoms with E-state index < -0.39 is 11.8 Å². The number of amides is 2. The van der Waals surface area contributed by atoms with Crippen LogP contribution in [0.1, 0.15) is 5.56 Å². The minimum absolute atomic E-state index is 0.406. The number of aryl methyl sites for hydroxylation is 1. The Bertz CT molecular complexity index is 455. The van der Waals surface area contributed by atoms with Crippen molar-refractivity contribution in [2.75, 3.05) is 31.5 Å². The van der Waals surface area contributed by atoms with Gasteiger partial charge in [-0.05, 0) is 24.6 Å². The molecule has 0 unspecified atom stereocenters. The summed E-state index contributed by atoms with van der Waals surface area (Å²) in [4.78, 5) is 29.1. The number of nitrogens with one attached hydrogen (secondary N) is 2. The second-order valence-corrected chi connectivity index (χ2v) is 4.21. The lowest BCUT2D eigenvalue weighted by molar-refractivity contribution is -0.143. The van der Waals surface area contributed by atoms with Crippen molar-refractivity contribution in [2.24, 2.45) is 0 Å². The number of carbonyl (C=O) groups excluding carboxylic acids is 2. The quantitative estimate of drug-likeness (QED) is 0.673. The Morgan fingerprint density at radius 1 is 1.39 bits per heavy atom. The molecule has 2 heterocycles. The van der Waals surface area contributed by atoms with Gasteiger partial charge in [0.1, 0.15) is 5.82 Å². The number of aromatic nitrogens is 1. The van der Waals surface area contributed by atoms with Crippen LogP contribution in [0.5, 0.6) is 0 Å². The second-order valence-electron chi connectivity index (χ2n) is 4.21. The maximum absolute atomic E-state index is 11.8. The molecule has 6 nitrogen and oxygen atoms in total. The number of rotatable bonds is 1. The molecule has 1 aliphatic heterocycles. The predicted octanol–water partition coefficient (Wildman–Crippen LogP) is -0.240. The van der Waals surface area contributed by atoms with Gasteiger partial charge in [0.25, 0.3) is 0 Å². The Morgan fingerprint density at radius 2 is 2.11 bits per heavy atom. The van der Waals surface area contributed by atoms with E-state index in [-0.39, 0.29) is 0 Å². The van der Waals surface area contributed by atoms with Gasteiger partial charge in [0.15, 0.2) is 0 Å². The van der Waals surface area contributed by atoms with Crippen molar-refractivity contribution in [3.63, 3.8) is 0 Å². The molecule has 1 fully saturated rings. The van der Waals surface area contributed by atoms with E-state index in [2.05, 4.69) is 15.6 Å². The molecular formula is C12H16N4O2. The summed E-state index contributed by atoms with van der Waals surface area (Å²) in [5.41, 5.74) is 0.981. The average molecular weight is 248 g/mol. The van der Waals surface area contributed by atoms with Crippen LogP contribution in [0.25, 0.3) is 0 Å². The lowest BCUT2D eigenvalue weighted by Gasteiger charge is -2.26. The van der Waals surface area contributed by atoms with Crippen molar-refractivity contribution in [3.8, 4) is 0 Å². The molecule has 1 saturated heterocycles. The molecule has 0 aromatic carbocycles. The highest BCUT2D eigenvalue weighted by Crippen LogP contribution is 2.05. The van der Waals surface area contributed by atoms with E-state index in [1.54, 1.807) is 17.2 Å². The number of hydrogen-bond donors (Lipinski definition) is 2. The zero-order valence-corrected chi connectivity index (χ0v) is 10.3. The topological polar surface area (TPSA) is 74.3 Å². The van der Waals surface area contributed by atoms with Crippen LogP contribution in [-0.2, 0) is 9.59 Å². The average Bonchev–Trinajstić information content (AvgIpc) is 2.39. The Balaban J connectivity index is 1.96. The largest absolute Gasteiger partial charge is 0.332 e. The van der Waals surface area contributed by atoms with Crippen LogP contribution >= 0.6 is 0 Å². The van der Waals surface area contributed by atoms with E-state index in [1.807, 2.05) is 13.0 Å². The first kappa shape index (κ1) is 12.5. The Labute approximate surface area is 105 Å². The zero-order valence-electron chi connectivity index (χ0n) is 10.3. The van der Waals surface area contributed by atoms with Gasteiger partial charge in [0, 0.05) is 32.4 Å². The summed E-state index contributed by atoms with van der Waals surface area (Å²) >= 11 is 0. The highest BCUT2D eigenvalue weighted by molar-refractivity contribution is 6.39. The van der Waals surface area contributed by atoms with Crippen LogP contribution in [0.3, 0.4) is 0 Å². The molecule has 2 N–H and O–H groups in total. The van der Waals surface area contributed by atoms with Crippen molar-refractivity contribution in [1.82, 2.24) is 15.2 Å². The fraction of sp³-hybridized carbons (Fsp3) is 0.417. The molecule has 0 spiro atoms. The molecule has 1 aromatic heterocycles. The van der Waals surface area contributed by atoms with Gasteiger partial charge < -0.3 is 15.5 Å². The van der Waals surface area contributed by atoms with Crippen LogP contribution < -0.4 is 10.6 Å². The Kier molecular flexibility index (Phi) is 3.88. The van der Waals surface area contributed by atoms with Gasteiger partial charge in [0.2, 0.25) is 0 Å². The summed E-state index contributed by atoms with van der Waals surface area (Å²) in [6, 6.07) is 3.55. The van der Waals surface area contributed by atoms with Crippen molar-refractivity contribution < 1.29 is 9.59 Å². The van der Waals surface area contributed by atoms with Gasteiger partial charge in [-0.3, -0.25) is 9.59 Å². The standard InChI is InChI=1S/C12H16N4O2/c1-9-2-3-14-10(8-9)15-11(17)12(18)16-6-4-13-5-7-16/h2-3,8,13H,4-7H2,1H3,(H,14,15,17). The Hall–Kier alpha value is -1.95. The van der Waals surface area contributed by atoms with Crippen LogP contribution in [0.4, 0.5) is 5.82 Å². The van der Waals surface area contributed by atoms with E-state index in [1.165, 1.54) is 0 Å². The van der Waals surface area contributed by atoms with Crippen LogP contribution in [0, 0.1) is 6.92 Å². The molecule has 18 heavy (non-hydrogen) atoms. The lowest BCUT2D eigenvalue weighted by atomic mass is 10.3. The molecule has 0 bridgehead atoms. The lowest BCUT2D eigenvalue weighted by Crippen LogP contribution is -2.49. The molecule has 0 atom stereocenters. The summed E-state index contributed by atoms with van der Waals surface area (Å²) in [6.45, 7) is 4.47. The summed E-state index contributed by atoms with van der Waals surface area (Å²) in [6.07, 6.45) is 1.60. The highest BCUT2D eigenvalue weighted by Gasteiger charge is 2.23. The second kappa shape index (κ2) is 5.59. The maximum Gasteiger partial charge on any atom is 0.315 e. The smallest absolute Gasteiger partial charge is 0.315 e. The van der Waals surface area contributed by atoms with Crippen LogP contribution in [-0.4, -0.2) is 47.9 Å². The van der Waals surface area contributed by atoms with Crippen molar-refractivity contribution >= 4 is 17.6 Å². The van der Waals surface area contributed by atoms with E-state index in [0.717, 1.165) is 18.7 Å².